The fraction of sp³-hybridized carbons (Fsp3) is 0.200. The summed E-state index contributed by atoms with van der Waals surface area (Å²) in [5.74, 6) is -2.19. The lowest BCUT2D eigenvalue weighted by Crippen LogP contribution is -2.13. The van der Waals surface area contributed by atoms with E-state index in [0.717, 1.165) is 34.8 Å². The Balaban J connectivity index is 1.69. The molecule has 134 valence electrons. The van der Waals surface area contributed by atoms with Gasteiger partial charge in [-0.25, -0.2) is 13.5 Å². The first-order chi connectivity index (χ1) is 12.5. The van der Waals surface area contributed by atoms with Gasteiger partial charge in [0.1, 0.15) is 0 Å². The molecule has 26 heavy (non-hydrogen) atoms. The van der Waals surface area contributed by atoms with Crippen molar-refractivity contribution in [1.29, 1.82) is 0 Å². The molecular formula is C20H19F2N3O. The number of anilines is 1. The highest BCUT2D eigenvalue weighted by molar-refractivity contribution is 5.90. The Morgan fingerprint density at radius 3 is 2.50 bits per heavy atom. The third-order valence-electron chi connectivity index (χ3n) is 4.25. The summed E-state index contributed by atoms with van der Waals surface area (Å²) in [5, 5.41) is 7.14. The molecule has 0 fully saturated rings. The summed E-state index contributed by atoms with van der Waals surface area (Å²) >= 11 is 0. The number of nitrogens with one attached hydrogen (secondary N) is 1. The zero-order valence-corrected chi connectivity index (χ0v) is 14.6. The van der Waals surface area contributed by atoms with Crippen LogP contribution < -0.4 is 5.32 Å². The van der Waals surface area contributed by atoms with Crippen molar-refractivity contribution in [3.05, 3.63) is 77.1 Å². The first-order valence-corrected chi connectivity index (χ1v) is 8.31. The highest BCUT2D eigenvalue weighted by Gasteiger charge is 2.14. The highest BCUT2D eigenvalue weighted by Crippen LogP contribution is 2.20. The van der Waals surface area contributed by atoms with Crippen molar-refractivity contribution >= 4 is 11.6 Å². The van der Waals surface area contributed by atoms with Crippen LogP contribution in [0.3, 0.4) is 0 Å². The van der Waals surface area contributed by atoms with Crippen LogP contribution in [-0.2, 0) is 11.2 Å². The zero-order chi connectivity index (χ0) is 18.7. The van der Waals surface area contributed by atoms with Gasteiger partial charge in [0.05, 0.1) is 11.4 Å². The zero-order valence-electron chi connectivity index (χ0n) is 14.6. The van der Waals surface area contributed by atoms with E-state index < -0.39 is 11.6 Å². The normalized spacial score (nSPS) is 10.8. The van der Waals surface area contributed by atoms with Crippen LogP contribution >= 0.6 is 0 Å². The molecule has 1 aromatic heterocycles. The maximum absolute atomic E-state index is 13.2. The lowest BCUT2D eigenvalue weighted by atomic mass is 10.1. The number of rotatable bonds is 5. The van der Waals surface area contributed by atoms with Gasteiger partial charge in [0.2, 0.25) is 5.91 Å². The first-order valence-electron chi connectivity index (χ1n) is 8.31. The van der Waals surface area contributed by atoms with Gasteiger partial charge in [0, 0.05) is 23.9 Å². The smallest absolute Gasteiger partial charge is 0.224 e. The highest BCUT2D eigenvalue weighted by atomic mass is 19.2. The van der Waals surface area contributed by atoms with Crippen molar-refractivity contribution in [1.82, 2.24) is 9.78 Å². The minimum Gasteiger partial charge on any atom is -0.326 e. The molecule has 0 spiro atoms. The van der Waals surface area contributed by atoms with Crippen molar-refractivity contribution in [2.75, 3.05) is 5.32 Å². The van der Waals surface area contributed by atoms with Crippen molar-refractivity contribution in [2.24, 2.45) is 0 Å². The summed E-state index contributed by atoms with van der Waals surface area (Å²) < 4.78 is 28.0. The first kappa shape index (κ1) is 17.8. The molecule has 0 saturated carbocycles. The second kappa shape index (κ2) is 7.47. The Labute approximate surface area is 150 Å². The average Bonchev–Trinajstić information content (AvgIpc) is 2.91. The van der Waals surface area contributed by atoms with Gasteiger partial charge in [-0.15, -0.1) is 0 Å². The molecule has 0 aliphatic heterocycles. The molecule has 0 aliphatic rings. The third kappa shape index (κ3) is 3.79. The fourth-order valence-corrected chi connectivity index (χ4v) is 2.89. The second-order valence-corrected chi connectivity index (χ2v) is 6.07. The molecule has 1 heterocycles. The number of para-hydroxylation sites is 1. The van der Waals surface area contributed by atoms with E-state index in [4.69, 9.17) is 0 Å². The number of aryl methyl sites for hydroxylation is 1. The number of amides is 1. The predicted molar refractivity (Wildman–Crippen MR) is 96.3 cm³/mol. The number of halogens is 2. The maximum Gasteiger partial charge on any atom is 0.224 e. The number of carbonyl (C=O) groups is 1. The van der Waals surface area contributed by atoms with Gasteiger partial charge in [-0.3, -0.25) is 4.79 Å². The number of hydrogen-bond donors (Lipinski definition) is 1. The van der Waals surface area contributed by atoms with Crippen LogP contribution in [0, 0.1) is 25.5 Å². The lowest BCUT2D eigenvalue weighted by molar-refractivity contribution is -0.116. The van der Waals surface area contributed by atoms with Crippen molar-refractivity contribution < 1.29 is 13.6 Å². The molecule has 0 aliphatic carbocycles. The molecule has 0 bridgehead atoms. The topological polar surface area (TPSA) is 46.9 Å². The number of hydrogen-bond acceptors (Lipinski definition) is 2. The summed E-state index contributed by atoms with van der Waals surface area (Å²) in [4.78, 5) is 12.1. The van der Waals surface area contributed by atoms with E-state index in [-0.39, 0.29) is 18.0 Å². The Bertz CT molecular complexity index is 936. The van der Waals surface area contributed by atoms with Crippen molar-refractivity contribution in [3.8, 4) is 5.69 Å². The second-order valence-electron chi connectivity index (χ2n) is 6.07. The van der Waals surface area contributed by atoms with Crippen LogP contribution in [-0.4, -0.2) is 15.7 Å². The van der Waals surface area contributed by atoms with Crippen LogP contribution in [0.1, 0.15) is 23.4 Å². The van der Waals surface area contributed by atoms with Crippen LogP contribution in [0.2, 0.25) is 0 Å². The van der Waals surface area contributed by atoms with Gasteiger partial charge in [0.15, 0.2) is 11.6 Å². The van der Waals surface area contributed by atoms with Crippen molar-refractivity contribution in [2.45, 2.75) is 26.7 Å². The average molecular weight is 355 g/mol. The maximum atomic E-state index is 13.2. The number of carbonyl (C=O) groups excluding carboxylic acids is 1. The Morgan fingerprint density at radius 1 is 1.08 bits per heavy atom. The summed E-state index contributed by atoms with van der Waals surface area (Å²) in [6.45, 7) is 3.88. The number of benzene rings is 2. The van der Waals surface area contributed by atoms with Gasteiger partial charge >= 0.3 is 0 Å². The van der Waals surface area contributed by atoms with Crippen LogP contribution in [0.25, 0.3) is 5.69 Å². The van der Waals surface area contributed by atoms with Crippen LogP contribution in [0.5, 0.6) is 0 Å². The minimum atomic E-state index is -0.987. The molecule has 1 amide bonds. The molecule has 0 radical (unpaired) electrons. The number of aromatic nitrogens is 2. The molecule has 3 aromatic rings. The molecule has 1 N–H and O–H groups in total. The fourth-order valence-electron chi connectivity index (χ4n) is 2.89. The Hall–Kier alpha value is -3.02. The van der Waals surface area contributed by atoms with Crippen molar-refractivity contribution in [3.63, 3.8) is 0 Å². The van der Waals surface area contributed by atoms with E-state index in [1.807, 2.05) is 48.9 Å². The molecule has 0 atom stereocenters. The molecule has 4 nitrogen and oxygen atoms in total. The molecule has 2 aromatic carbocycles. The van der Waals surface area contributed by atoms with E-state index in [1.165, 1.54) is 6.07 Å². The van der Waals surface area contributed by atoms with Crippen LogP contribution in [0.4, 0.5) is 14.5 Å². The van der Waals surface area contributed by atoms with Gasteiger partial charge in [-0.05, 0) is 50.1 Å². The SMILES string of the molecule is Cc1nn(-c2ccccc2)c(C)c1CCC(=O)Nc1ccc(F)c(F)c1. The summed E-state index contributed by atoms with van der Waals surface area (Å²) in [6.07, 6.45) is 0.737. The lowest BCUT2D eigenvalue weighted by Gasteiger charge is -2.07. The van der Waals surface area contributed by atoms with E-state index in [2.05, 4.69) is 10.4 Å². The van der Waals surface area contributed by atoms with Gasteiger partial charge < -0.3 is 5.32 Å². The summed E-state index contributed by atoms with van der Waals surface area (Å²) in [6, 6.07) is 13.1. The molecular weight excluding hydrogens is 336 g/mol. The minimum absolute atomic E-state index is 0.223. The monoisotopic (exact) mass is 355 g/mol. The third-order valence-corrected chi connectivity index (χ3v) is 4.25. The molecule has 6 heteroatoms. The van der Waals surface area contributed by atoms with E-state index in [9.17, 15) is 13.6 Å². The van der Waals surface area contributed by atoms with Gasteiger partial charge in [0.25, 0.3) is 0 Å². The molecule has 0 saturated heterocycles. The largest absolute Gasteiger partial charge is 0.326 e. The Kier molecular flexibility index (Phi) is 5.11. The summed E-state index contributed by atoms with van der Waals surface area (Å²) in [5.41, 5.74) is 4.06. The van der Waals surface area contributed by atoms with E-state index in [1.54, 1.807) is 0 Å². The van der Waals surface area contributed by atoms with Gasteiger partial charge in [-0.2, -0.15) is 5.10 Å². The molecule has 0 unspecified atom stereocenters. The van der Waals surface area contributed by atoms with E-state index >= 15 is 0 Å². The number of nitrogens with zero attached hydrogens (tertiary/aromatic N) is 2. The quantitative estimate of drug-likeness (QED) is 0.740. The van der Waals surface area contributed by atoms with Gasteiger partial charge in [-0.1, -0.05) is 18.2 Å². The summed E-state index contributed by atoms with van der Waals surface area (Å²) in [7, 11) is 0. The standard InChI is InChI=1S/C20H19F2N3O/c1-13-17(14(2)25(24-13)16-6-4-3-5-7-16)9-11-20(26)23-15-8-10-18(21)19(22)12-15/h3-8,10,12H,9,11H2,1-2H3,(H,23,26). The Morgan fingerprint density at radius 2 is 1.81 bits per heavy atom. The van der Waals surface area contributed by atoms with E-state index in [0.29, 0.717) is 6.42 Å². The predicted octanol–water partition coefficient (Wildman–Crippen LogP) is 4.34. The van der Waals surface area contributed by atoms with Crippen LogP contribution in [0.15, 0.2) is 48.5 Å². The molecule has 3 rings (SSSR count).